The zero-order valence-electron chi connectivity index (χ0n) is 13.3. The van der Waals surface area contributed by atoms with Gasteiger partial charge in [0, 0.05) is 12.5 Å². The number of carbonyl (C=O) groups excluding carboxylic acids is 1. The second-order valence-corrected chi connectivity index (χ2v) is 6.63. The molecule has 5 nitrogen and oxygen atoms in total. The van der Waals surface area contributed by atoms with Crippen LogP contribution >= 0.6 is 0 Å². The summed E-state index contributed by atoms with van der Waals surface area (Å²) in [6.45, 7) is 9.16. The number of aromatic nitrogens is 2. The largest absolute Gasteiger partial charge is 0.323 e. The van der Waals surface area contributed by atoms with E-state index in [0.717, 1.165) is 62.4 Å². The summed E-state index contributed by atoms with van der Waals surface area (Å²) in [6.07, 6.45) is 4.38. The van der Waals surface area contributed by atoms with Crippen LogP contribution in [-0.4, -0.2) is 28.8 Å². The summed E-state index contributed by atoms with van der Waals surface area (Å²) >= 11 is 0. The SMILES string of the molecule is CCCn1nc(C)c(NC(=O)C2CC23CCNCC3)c1C. The molecule has 21 heavy (non-hydrogen) atoms. The fraction of sp³-hybridized carbons (Fsp3) is 0.750. The van der Waals surface area contributed by atoms with Crippen LogP contribution in [0.25, 0.3) is 0 Å². The lowest BCUT2D eigenvalue weighted by Gasteiger charge is -2.23. The molecule has 0 aromatic carbocycles. The molecule has 2 N–H and O–H groups in total. The minimum Gasteiger partial charge on any atom is -0.323 e. The van der Waals surface area contributed by atoms with Crippen LogP contribution in [0.2, 0.25) is 0 Å². The normalized spacial score (nSPS) is 23.3. The highest BCUT2D eigenvalue weighted by Crippen LogP contribution is 2.58. The molecule has 2 aliphatic rings. The number of rotatable bonds is 4. The molecule has 1 saturated carbocycles. The number of piperidine rings is 1. The van der Waals surface area contributed by atoms with Crippen LogP contribution in [0.4, 0.5) is 5.69 Å². The Kier molecular flexibility index (Phi) is 3.78. The Hall–Kier alpha value is -1.36. The highest BCUT2D eigenvalue weighted by molar-refractivity contribution is 5.96. The van der Waals surface area contributed by atoms with E-state index in [4.69, 9.17) is 0 Å². The van der Waals surface area contributed by atoms with Crippen LogP contribution in [0, 0.1) is 25.2 Å². The molecule has 1 amide bonds. The Morgan fingerprint density at radius 3 is 2.81 bits per heavy atom. The Labute approximate surface area is 126 Å². The lowest BCUT2D eigenvalue weighted by atomic mass is 9.92. The highest BCUT2D eigenvalue weighted by Gasteiger charge is 2.57. The number of nitrogens with one attached hydrogen (secondary N) is 2. The second-order valence-electron chi connectivity index (χ2n) is 6.63. The van der Waals surface area contributed by atoms with Gasteiger partial charge < -0.3 is 10.6 Å². The molecule has 2 heterocycles. The first-order valence-electron chi connectivity index (χ1n) is 8.13. The molecule has 0 bridgehead atoms. The molecule has 2 fully saturated rings. The fourth-order valence-electron chi connectivity index (χ4n) is 3.71. The molecule has 1 aliphatic carbocycles. The smallest absolute Gasteiger partial charge is 0.228 e. The van der Waals surface area contributed by atoms with Crippen LogP contribution in [0.3, 0.4) is 0 Å². The third kappa shape index (κ3) is 2.59. The number of aryl methyl sites for hydroxylation is 2. The second kappa shape index (κ2) is 5.44. The Morgan fingerprint density at radius 1 is 1.43 bits per heavy atom. The van der Waals surface area contributed by atoms with Crippen LogP contribution in [0.1, 0.15) is 44.0 Å². The van der Waals surface area contributed by atoms with Gasteiger partial charge in [-0.15, -0.1) is 0 Å². The monoisotopic (exact) mass is 290 g/mol. The number of anilines is 1. The van der Waals surface area contributed by atoms with Crippen LogP contribution in [-0.2, 0) is 11.3 Å². The van der Waals surface area contributed by atoms with Crippen molar-refractivity contribution in [3.8, 4) is 0 Å². The molecular formula is C16H26N4O. The summed E-state index contributed by atoms with van der Waals surface area (Å²) in [5, 5.41) is 11.1. The lowest BCUT2D eigenvalue weighted by molar-refractivity contribution is -0.118. The Morgan fingerprint density at radius 2 is 2.14 bits per heavy atom. The molecule has 5 heteroatoms. The van der Waals surface area contributed by atoms with Gasteiger partial charge in [-0.05, 0) is 58.0 Å². The van der Waals surface area contributed by atoms with Gasteiger partial charge in [-0.1, -0.05) is 6.92 Å². The van der Waals surface area contributed by atoms with Gasteiger partial charge in [0.1, 0.15) is 0 Å². The molecule has 1 aromatic rings. The first kappa shape index (κ1) is 14.6. The van der Waals surface area contributed by atoms with E-state index in [9.17, 15) is 4.79 Å². The average Bonchev–Trinajstić information content (AvgIpc) is 3.10. The number of amides is 1. The molecule has 3 rings (SSSR count). The van der Waals surface area contributed by atoms with Crippen molar-refractivity contribution in [3.05, 3.63) is 11.4 Å². The number of hydrogen-bond donors (Lipinski definition) is 2. The maximum atomic E-state index is 12.6. The molecule has 1 saturated heterocycles. The van der Waals surface area contributed by atoms with E-state index in [0.29, 0.717) is 0 Å². The van der Waals surface area contributed by atoms with Gasteiger partial charge in [0.15, 0.2) is 0 Å². The third-order valence-corrected chi connectivity index (χ3v) is 5.17. The van der Waals surface area contributed by atoms with Crippen molar-refractivity contribution in [2.24, 2.45) is 11.3 Å². The van der Waals surface area contributed by atoms with Crippen molar-refractivity contribution in [2.75, 3.05) is 18.4 Å². The average molecular weight is 290 g/mol. The summed E-state index contributed by atoms with van der Waals surface area (Å²) < 4.78 is 2.00. The predicted molar refractivity (Wildman–Crippen MR) is 83.3 cm³/mol. The summed E-state index contributed by atoms with van der Waals surface area (Å²) in [6, 6.07) is 0. The summed E-state index contributed by atoms with van der Waals surface area (Å²) in [5.41, 5.74) is 3.21. The maximum Gasteiger partial charge on any atom is 0.228 e. The zero-order valence-corrected chi connectivity index (χ0v) is 13.3. The standard InChI is InChI=1S/C16H26N4O/c1-4-9-20-12(3)14(11(2)19-20)18-15(21)13-10-16(13)5-7-17-8-6-16/h13,17H,4-10H2,1-3H3,(H,18,21). The van der Waals surface area contributed by atoms with Crippen LogP contribution in [0.5, 0.6) is 0 Å². The van der Waals surface area contributed by atoms with Gasteiger partial charge in [-0.3, -0.25) is 9.48 Å². The number of nitrogens with zero attached hydrogens (tertiary/aromatic N) is 2. The van der Waals surface area contributed by atoms with Crippen molar-refractivity contribution in [1.82, 2.24) is 15.1 Å². The minimum atomic E-state index is 0.194. The quantitative estimate of drug-likeness (QED) is 0.894. The molecule has 1 atom stereocenters. The van der Waals surface area contributed by atoms with Crippen molar-refractivity contribution in [2.45, 2.75) is 53.0 Å². The molecular weight excluding hydrogens is 264 g/mol. The lowest BCUT2D eigenvalue weighted by Crippen LogP contribution is -2.31. The van der Waals surface area contributed by atoms with Crippen LogP contribution in [0.15, 0.2) is 0 Å². The van der Waals surface area contributed by atoms with E-state index < -0.39 is 0 Å². The fourth-order valence-corrected chi connectivity index (χ4v) is 3.71. The van der Waals surface area contributed by atoms with Gasteiger partial charge in [0.2, 0.25) is 5.91 Å². The molecule has 1 spiro atoms. The molecule has 1 aliphatic heterocycles. The maximum absolute atomic E-state index is 12.6. The zero-order chi connectivity index (χ0) is 15.0. The number of hydrogen-bond acceptors (Lipinski definition) is 3. The van der Waals surface area contributed by atoms with Crippen molar-refractivity contribution >= 4 is 11.6 Å². The molecule has 0 radical (unpaired) electrons. The Balaban J connectivity index is 1.68. The Bertz CT molecular complexity index is 543. The van der Waals surface area contributed by atoms with Crippen molar-refractivity contribution in [3.63, 3.8) is 0 Å². The van der Waals surface area contributed by atoms with E-state index >= 15 is 0 Å². The minimum absolute atomic E-state index is 0.194. The van der Waals surface area contributed by atoms with E-state index in [2.05, 4.69) is 22.7 Å². The van der Waals surface area contributed by atoms with E-state index in [1.165, 1.54) is 0 Å². The molecule has 1 aromatic heterocycles. The number of carbonyl (C=O) groups is 1. The van der Waals surface area contributed by atoms with Crippen LogP contribution < -0.4 is 10.6 Å². The van der Waals surface area contributed by atoms with E-state index in [1.807, 2.05) is 18.5 Å². The van der Waals surface area contributed by atoms with Gasteiger partial charge in [0.05, 0.1) is 17.1 Å². The first-order valence-corrected chi connectivity index (χ1v) is 8.13. The van der Waals surface area contributed by atoms with Gasteiger partial charge in [-0.25, -0.2) is 0 Å². The topological polar surface area (TPSA) is 59.0 Å². The predicted octanol–water partition coefficient (Wildman–Crippen LogP) is 2.24. The van der Waals surface area contributed by atoms with E-state index in [-0.39, 0.29) is 17.2 Å². The highest BCUT2D eigenvalue weighted by atomic mass is 16.2. The van der Waals surface area contributed by atoms with Gasteiger partial charge in [0.25, 0.3) is 0 Å². The van der Waals surface area contributed by atoms with Gasteiger partial charge in [-0.2, -0.15) is 5.10 Å². The van der Waals surface area contributed by atoms with Crippen molar-refractivity contribution in [1.29, 1.82) is 0 Å². The van der Waals surface area contributed by atoms with Crippen molar-refractivity contribution < 1.29 is 4.79 Å². The summed E-state index contributed by atoms with van der Waals surface area (Å²) in [5.74, 6) is 0.395. The first-order chi connectivity index (χ1) is 10.1. The van der Waals surface area contributed by atoms with Gasteiger partial charge >= 0.3 is 0 Å². The third-order valence-electron chi connectivity index (χ3n) is 5.17. The summed E-state index contributed by atoms with van der Waals surface area (Å²) in [4.78, 5) is 12.6. The molecule has 1 unspecified atom stereocenters. The van der Waals surface area contributed by atoms with E-state index in [1.54, 1.807) is 0 Å². The summed E-state index contributed by atoms with van der Waals surface area (Å²) in [7, 11) is 0. The molecule has 116 valence electrons.